The molecule has 2 unspecified atom stereocenters. The van der Waals surface area contributed by atoms with E-state index in [1.54, 1.807) is 11.8 Å². The van der Waals surface area contributed by atoms with Crippen LogP contribution in [-0.4, -0.2) is 5.17 Å². The third kappa shape index (κ3) is 4.32. The van der Waals surface area contributed by atoms with Gasteiger partial charge in [-0.05, 0) is 28.8 Å². The van der Waals surface area contributed by atoms with Crippen LogP contribution in [0.25, 0.3) is 0 Å². The number of aliphatic imine (C=N–C) groups is 1. The minimum absolute atomic E-state index is 0.0601. The Bertz CT molecular complexity index is 945. The van der Waals surface area contributed by atoms with E-state index in [1.165, 1.54) is 11.1 Å². The lowest BCUT2D eigenvalue weighted by Gasteiger charge is -2.19. The molecule has 0 aliphatic carbocycles. The highest BCUT2D eigenvalue weighted by molar-refractivity contribution is 8.13. The second-order valence-electron chi connectivity index (χ2n) is 6.36. The fourth-order valence-corrected chi connectivity index (χ4v) is 4.36. The van der Waals surface area contributed by atoms with Crippen LogP contribution in [0.1, 0.15) is 28.8 Å². The molecule has 0 spiro atoms. The van der Waals surface area contributed by atoms with Gasteiger partial charge in [-0.25, -0.2) is 0 Å². The zero-order chi connectivity index (χ0) is 18.6. The predicted octanol–water partition coefficient (Wildman–Crippen LogP) is 6.67. The normalized spacial score (nSPS) is 18.8. The first-order valence-corrected chi connectivity index (χ1v) is 10.5. The molecule has 3 aromatic carbocycles. The maximum atomic E-state index is 6.13. The minimum atomic E-state index is 0.0601. The van der Waals surface area contributed by atoms with Crippen molar-refractivity contribution in [2.75, 3.05) is 0 Å². The van der Waals surface area contributed by atoms with E-state index in [0.717, 1.165) is 16.5 Å². The summed E-state index contributed by atoms with van der Waals surface area (Å²) in [6.07, 6.45) is 0. The fraction of sp³-hybridized carbons (Fsp3) is 0.136. The number of nitrogens with one attached hydrogen (secondary N) is 1. The summed E-state index contributed by atoms with van der Waals surface area (Å²) >= 11 is 13.8. The van der Waals surface area contributed by atoms with Gasteiger partial charge in [-0.1, -0.05) is 102 Å². The lowest BCUT2D eigenvalue weighted by Crippen LogP contribution is -2.22. The molecule has 0 amide bonds. The SMILES string of the molecule is Clc1ccc(CSC2=NC(c3ccccc3)C(c3ccccc3)N2)cc1Cl. The molecule has 0 aromatic heterocycles. The van der Waals surface area contributed by atoms with Gasteiger partial charge >= 0.3 is 0 Å². The van der Waals surface area contributed by atoms with Crippen LogP contribution in [0.2, 0.25) is 10.0 Å². The van der Waals surface area contributed by atoms with Crippen molar-refractivity contribution in [2.24, 2.45) is 4.99 Å². The molecule has 3 aromatic rings. The van der Waals surface area contributed by atoms with Gasteiger partial charge in [0.05, 0.1) is 16.1 Å². The van der Waals surface area contributed by atoms with Crippen molar-refractivity contribution in [1.82, 2.24) is 5.32 Å². The first kappa shape index (κ1) is 18.4. The van der Waals surface area contributed by atoms with Crippen molar-refractivity contribution >= 4 is 40.1 Å². The summed E-state index contributed by atoms with van der Waals surface area (Å²) in [5, 5.41) is 5.72. The van der Waals surface area contributed by atoms with Crippen molar-refractivity contribution in [3.8, 4) is 0 Å². The first-order chi connectivity index (χ1) is 13.2. The molecule has 0 radical (unpaired) electrons. The van der Waals surface area contributed by atoms with E-state index < -0.39 is 0 Å². The van der Waals surface area contributed by atoms with Crippen molar-refractivity contribution in [3.05, 3.63) is 106 Å². The third-order valence-electron chi connectivity index (χ3n) is 4.51. The average Bonchev–Trinajstić information content (AvgIpc) is 3.15. The third-order valence-corrected chi connectivity index (χ3v) is 6.22. The Labute approximate surface area is 173 Å². The Kier molecular flexibility index (Phi) is 5.72. The Morgan fingerprint density at radius 1 is 0.815 bits per heavy atom. The highest BCUT2D eigenvalue weighted by atomic mass is 35.5. The van der Waals surface area contributed by atoms with Crippen LogP contribution in [0, 0.1) is 0 Å². The van der Waals surface area contributed by atoms with E-state index in [4.69, 9.17) is 28.2 Å². The van der Waals surface area contributed by atoms with Crippen molar-refractivity contribution in [3.63, 3.8) is 0 Å². The van der Waals surface area contributed by atoms with Gasteiger partial charge in [0.25, 0.3) is 0 Å². The quantitative estimate of drug-likeness (QED) is 0.517. The zero-order valence-electron chi connectivity index (χ0n) is 14.5. The molecule has 136 valence electrons. The molecule has 2 atom stereocenters. The topological polar surface area (TPSA) is 24.4 Å². The Hall–Kier alpha value is -1.94. The number of benzene rings is 3. The largest absolute Gasteiger partial charge is 0.356 e. The molecule has 1 heterocycles. The number of thioether (sulfide) groups is 1. The van der Waals surface area contributed by atoms with Gasteiger partial charge in [0, 0.05) is 5.75 Å². The number of halogens is 2. The summed E-state index contributed by atoms with van der Waals surface area (Å²) in [6.45, 7) is 0. The first-order valence-electron chi connectivity index (χ1n) is 8.71. The minimum Gasteiger partial charge on any atom is -0.356 e. The van der Waals surface area contributed by atoms with Gasteiger partial charge in [-0.2, -0.15) is 0 Å². The molecule has 0 saturated heterocycles. The van der Waals surface area contributed by atoms with E-state index in [9.17, 15) is 0 Å². The number of amidine groups is 1. The second kappa shape index (κ2) is 8.39. The fourth-order valence-electron chi connectivity index (χ4n) is 3.15. The number of hydrogen-bond acceptors (Lipinski definition) is 3. The monoisotopic (exact) mass is 412 g/mol. The van der Waals surface area contributed by atoms with Gasteiger partial charge in [0.2, 0.25) is 0 Å². The molecule has 1 aliphatic heterocycles. The summed E-state index contributed by atoms with van der Waals surface area (Å²) in [4.78, 5) is 4.98. The molecule has 4 rings (SSSR count). The second-order valence-corrected chi connectivity index (χ2v) is 8.14. The summed E-state index contributed by atoms with van der Waals surface area (Å²) in [5.41, 5.74) is 3.57. The van der Waals surface area contributed by atoms with Crippen LogP contribution in [0.3, 0.4) is 0 Å². The van der Waals surface area contributed by atoms with E-state index in [-0.39, 0.29) is 12.1 Å². The van der Waals surface area contributed by atoms with Crippen LogP contribution >= 0.6 is 35.0 Å². The molecule has 5 heteroatoms. The van der Waals surface area contributed by atoms with Crippen LogP contribution in [0.4, 0.5) is 0 Å². The maximum Gasteiger partial charge on any atom is 0.158 e. The average molecular weight is 413 g/mol. The van der Waals surface area contributed by atoms with Crippen molar-refractivity contribution < 1.29 is 0 Å². The van der Waals surface area contributed by atoms with Gasteiger partial charge in [0.15, 0.2) is 5.17 Å². The zero-order valence-corrected chi connectivity index (χ0v) is 16.8. The van der Waals surface area contributed by atoms with Crippen LogP contribution in [-0.2, 0) is 5.75 Å². The summed E-state index contributed by atoms with van der Waals surface area (Å²) in [7, 11) is 0. The molecule has 2 nitrogen and oxygen atoms in total. The summed E-state index contributed by atoms with van der Waals surface area (Å²) in [6, 6.07) is 26.8. The van der Waals surface area contributed by atoms with Crippen LogP contribution in [0.5, 0.6) is 0 Å². The predicted molar refractivity (Wildman–Crippen MR) is 117 cm³/mol. The lowest BCUT2D eigenvalue weighted by atomic mass is 9.95. The molecular weight excluding hydrogens is 395 g/mol. The van der Waals surface area contributed by atoms with Crippen molar-refractivity contribution in [1.29, 1.82) is 0 Å². The summed E-state index contributed by atoms with van der Waals surface area (Å²) in [5.74, 6) is 0.783. The molecule has 27 heavy (non-hydrogen) atoms. The molecule has 1 N–H and O–H groups in total. The van der Waals surface area contributed by atoms with Crippen molar-refractivity contribution in [2.45, 2.75) is 17.8 Å². The van der Waals surface area contributed by atoms with Gasteiger partial charge in [-0.15, -0.1) is 0 Å². The highest BCUT2D eigenvalue weighted by Crippen LogP contribution is 2.38. The molecule has 0 bridgehead atoms. The number of hydrogen-bond donors (Lipinski definition) is 1. The van der Waals surface area contributed by atoms with E-state index in [1.807, 2.05) is 30.3 Å². The Morgan fingerprint density at radius 3 is 2.15 bits per heavy atom. The molecule has 0 fully saturated rings. The molecular formula is C22H18Cl2N2S. The maximum absolute atomic E-state index is 6.13. The van der Waals surface area contributed by atoms with Gasteiger partial charge in [-0.3, -0.25) is 4.99 Å². The van der Waals surface area contributed by atoms with Gasteiger partial charge in [0.1, 0.15) is 6.04 Å². The van der Waals surface area contributed by atoms with Gasteiger partial charge < -0.3 is 5.32 Å². The van der Waals surface area contributed by atoms with Crippen LogP contribution < -0.4 is 5.32 Å². The molecule has 1 aliphatic rings. The highest BCUT2D eigenvalue weighted by Gasteiger charge is 2.31. The lowest BCUT2D eigenvalue weighted by molar-refractivity contribution is 0.573. The van der Waals surface area contributed by atoms with E-state index >= 15 is 0 Å². The standard InChI is InChI=1S/C22H18Cl2N2S/c23-18-12-11-15(13-19(18)24)14-27-22-25-20(16-7-3-1-4-8-16)21(26-22)17-9-5-2-6-10-17/h1-13,20-21H,14H2,(H,25,26). The van der Waals surface area contributed by atoms with Crippen LogP contribution in [0.15, 0.2) is 83.9 Å². The Morgan fingerprint density at radius 2 is 1.48 bits per heavy atom. The Balaban J connectivity index is 1.55. The number of nitrogens with zero attached hydrogens (tertiary/aromatic N) is 1. The van der Waals surface area contributed by atoms with E-state index in [2.05, 4.69) is 53.8 Å². The van der Waals surface area contributed by atoms with E-state index in [0.29, 0.717) is 10.0 Å². The molecule has 0 saturated carbocycles. The summed E-state index contributed by atoms with van der Waals surface area (Å²) < 4.78 is 0. The smallest absolute Gasteiger partial charge is 0.158 e. The number of rotatable bonds is 4.